The highest BCUT2D eigenvalue weighted by Crippen LogP contribution is 2.24. The average molecular weight is 304 g/mol. The quantitative estimate of drug-likeness (QED) is 0.444. The number of carbonyl (C=O) groups excluding carboxylic acids is 1. The van der Waals surface area contributed by atoms with Crippen LogP contribution in [0.3, 0.4) is 0 Å². The number of nitrogens with one attached hydrogen (secondary N) is 1. The third kappa shape index (κ3) is 9.33. The van der Waals surface area contributed by atoms with Gasteiger partial charge in [0.2, 0.25) is 0 Å². The molecule has 0 aliphatic carbocycles. The van der Waals surface area contributed by atoms with Crippen molar-refractivity contribution >= 4 is 15.4 Å². The Balaban J connectivity index is 3.79. The first kappa shape index (κ1) is 19.4. The maximum Gasteiger partial charge on any atom is 0.406 e. The maximum atomic E-state index is 10.9. The molecule has 20 heavy (non-hydrogen) atoms. The van der Waals surface area contributed by atoms with Gasteiger partial charge in [0.15, 0.2) is 0 Å². The average Bonchev–Trinajstić information content (AvgIpc) is 2.46. The summed E-state index contributed by atoms with van der Waals surface area (Å²) in [6.45, 7) is 8.38. The van der Waals surface area contributed by atoms with Crippen LogP contribution in [-0.4, -0.2) is 42.2 Å². The number of carbonyl (C=O) groups is 1. The Labute approximate surface area is 125 Å². The van der Waals surface area contributed by atoms with Gasteiger partial charge in [-0.25, -0.2) is 4.79 Å². The highest BCUT2D eigenvalue weighted by Gasteiger charge is 2.25. The first-order valence-corrected chi connectivity index (χ1v) is 9.03. The maximum absolute atomic E-state index is 10.9. The Hall–Kier alpha value is -0.593. The van der Waals surface area contributed by atoms with Gasteiger partial charge in [-0.15, -0.1) is 0 Å². The van der Waals surface area contributed by atoms with Crippen molar-refractivity contribution in [2.75, 3.05) is 26.9 Å². The van der Waals surface area contributed by atoms with Crippen LogP contribution in [0.5, 0.6) is 0 Å². The minimum absolute atomic E-state index is 0.352. The van der Waals surface area contributed by atoms with Gasteiger partial charge in [0.25, 0.3) is 0 Å². The van der Waals surface area contributed by atoms with Crippen LogP contribution in [0.25, 0.3) is 0 Å². The second-order valence-electron chi connectivity index (χ2n) is 4.56. The van der Waals surface area contributed by atoms with E-state index in [4.69, 9.17) is 8.85 Å². The minimum atomic E-state index is -1.14. The summed E-state index contributed by atoms with van der Waals surface area (Å²) >= 11 is 0. The van der Waals surface area contributed by atoms with Crippen LogP contribution in [0.15, 0.2) is 0 Å². The summed E-state index contributed by atoms with van der Waals surface area (Å²) in [5.41, 5.74) is 0.550. The largest absolute Gasteiger partial charge is 0.453 e. The first-order valence-electron chi connectivity index (χ1n) is 7.63. The smallest absolute Gasteiger partial charge is 0.406 e. The third-order valence-electron chi connectivity index (χ3n) is 3.08. The lowest BCUT2D eigenvalue weighted by Crippen LogP contribution is -2.29. The molecule has 0 saturated heterocycles. The van der Waals surface area contributed by atoms with E-state index in [9.17, 15) is 4.79 Å². The van der Waals surface area contributed by atoms with Gasteiger partial charge in [-0.1, -0.05) is 26.2 Å². The number of alkyl carbamates (subject to hydrolysis) is 1. The summed E-state index contributed by atoms with van der Waals surface area (Å²) < 4.78 is 16.1. The van der Waals surface area contributed by atoms with E-state index in [2.05, 4.69) is 17.0 Å². The highest BCUT2D eigenvalue weighted by molar-refractivity contribution is 6.46. The molecule has 0 bridgehead atoms. The van der Waals surface area contributed by atoms with Crippen molar-refractivity contribution in [2.24, 2.45) is 0 Å². The van der Waals surface area contributed by atoms with Crippen molar-refractivity contribution in [1.29, 1.82) is 0 Å². The molecule has 0 aromatic heterocycles. The van der Waals surface area contributed by atoms with Crippen LogP contribution >= 0.6 is 0 Å². The molecule has 0 spiro atoms. The molecule has 1 atom stereocenters. The Kier molecular flexibility index (Phi) is 13.0. The number of hydrogen-bond acceptors (Lipinski definition) is 4. The fourth-order valence-corrected chi connectivity index (χ4v) is 3.90. The van der Waals surface area contributed by atoms with E-state index < -0.39 is 9.28 Å². The Bertz CT molecular complexity index is 235. The van der Waals surface area contributed by atoms with E-state index >= 15 is 0 Å². The third-order valence-corrected chi connectivity index (χ3v) is 5.59. The van der Waals surface area contributed by atoms with Gasteiger partial charge in [0, 0.05) is 25.3 Å². The summed E-state index contributed by atoms with van der Waals surface area (Å²) in [4.78, 5) is 10.9. The molecule has 5 nitrogen and oxygen atoms in total. The van der Waals surface area contributed by atoms with Crippen molar-refractivity contribution in [3.05, 3.63) is 0 Å². The molecule has 0 fully saturated rings. The molecule has 1 N–H and O–H groups in total. The number of methoxy groups -OCH3 is 1. The van der Waals surface area contributed by atoms with E-state index in [0.717, 1.165) is 45.3 Å². The second-order valence-corrected chi connectivity index (χ2v) is 6.59. The number of hydrogen-bond donors (Lipinski definition) is 1. The number of amides is 1. The molecule has 0 saturated carbocycles. The molecule has 0 aliphatic rings. The zero-order valence-electron chi connectivity index (χ0n) is 13.4. The first-order chi connectivity index (χ1) is 9.69. The lowest BCUT2D eigenvalue weighted by molar-refractivity contribution is 0.171. The van der Waals surface area contributed by atoms with E-state index in [1.807, 2.05) is 13.8 Å². The van der Waals surface area contributed by atoms with Crippen LogP contribution in [-0.2, 0) is 13.6 Å². The van der Waals surface area contributed by atoms with Crippen LogP contribution in [0.1, 0.15) is 52.9 Å². The second kappa shape index (κ2) is 13.4. The van der Waals surface area contributed by atoms with Gasteiger partial charge in [-0.3, -0.25) is 0 Å². The lowest BCUT2D eigenvalue weighted by atomic mass is 10.1. The SMILES string of the molecule is CCO[Si](OCC)C(CC)CCCCCNC(=O)OC. The fourth-order valence-electron chi connectivity index (χ4n) is 2.01. The molecule has 119 valence electrons. The lowest BCUT2D eigenvalue weighted by Gasteiger charge is -2.22. The molecule has 1 unspecified atom stereocenters. The number of ether oxygens (including phenoxy) is 1. The summed E-state index contributed by atoms with van der Waals surface area (Å²) in [5, 5.41) is 2.69. The Morgan fingerprint density at radius 1 is 1.10 bits per heavy atom. The molecule has 0 aromatic carbocycles. The van der Waals surface area contributed by atoms with Gasteiger partial charge >= 0.3 is 15.4 Å². The number of rotatable bonds is 12. The Morgan fingerprint density at radius 3 is 2.25 bits per heavy atom. The molecular formula is C14H30NO4Si. The van der Waals surface area contributed by atoms with Crippen molar-refractivity contribution < 1.29 is 18.4 Å². The molecule has 1 amide bonds. The monoisotopic (exact) mass is 304 g/mol. The topological polar surface area (TPSA) is 56.8 Å². The summed E-state index contributed by atoms with van der Waals surface area (Å²) in [6, 6.07) is 0. The molecular weight excluding hydrogens is 274 g/mol. The fraction of sp³-hybridized carbons (Fsp3) is 0.929. The van der Waals surface area contributed by atoms with Crippen LogP contribution in [0, 0.1) is 0 Å². The molecule has 1 radical (unpaired) electrons. The van der Waals surface area contributed by atoms with Crippen molar-refractivity contribution in [3.63, 3.8) is 0 Å². The molecule has 0 heterocycles. The normalized spacial score (nSPS) is 12.4. The van der Waals surface area contributed by atoms with Gasteiger partial charge in [0.05, 0.1) is 7.11 Å². The van der Waals surface area contributed by atoms with E-state index in [0.29, 0.717) is 12.1 Å². The Morgan fingerprint density at radius 2 is 1.75 bits per heavy atom. The predicted octanol–water partition coefficient (Wildman–Crippen LogP) is 3.24. The minimum Gasteiger partial charge on any atom is -0.453 e. The summed E-state index contributed by atoms with van der Waals surface area (Å²) in [5.74, 6) is 0. The zero-order valence-corrected chi connectivity index (χ0v) is 14.4. The van der Waals surface area contributed by atoms with Crippen molar-refractivity contribution in [2.45, 2.75) is 58.4 Å². The molecule has 0 aromatic rings. The predicted molar refractivity (Wildman–Crippen MR) is 81.9 cm³/mol. The van der Waals surface area contributed by atoms with Crippen LogP contribution in [0.2, 0.25) is 5.54 Å². The molecule has 0 aliphatic heterocycles. The van der Waals surface area contributed by atoms with Crippen molar-refractivity contribution in [1.82, 2.24) is 5.32 Å². The van der Waals surface area contributed by atoms with Gasteiger partial charge in [-0.2, -0.15) is 0 Å². The summed E-state index contributed by atoms with van der Waals surface area (Å²) in [7, 11) is 0.246. The standard InChI is InChI=1S/C14H30NO4Si/c1-5-13(20(18-6-2)19-7-3)11-9-8-10-12-15-14(16)17-4/h13H,5-12H2,1-4H3,(H,15,16). The van der Waals surface area contributed by atoms with E-state index in [1.165, 1.54) is 7.11 Å². The van der Waals surface area contributed by atoms with E-state index in [-0.39, 0.29) is 6.09 Å². The van der Waals surface area contributed by atoms with Gasteiger partial charge in [-0.05, 0) is 26.7 Å². The number of unbranched alkanes of at least 4 members (excludes halogenated alkanes) is 2. The zero-order chi connectivity index (χ0) is 15.2. The molecule has 0 rings (SSSR count). The summed E-state index contributed by atoms with van der Waals surface area (Å²) in [6.07, 6.45) is 5.13. The van der Waals surface area contributed by atoms with Crippen LogP contribution < -0.4 is 5.32 Å². The molecule has 6 heteroatoms. The van der Waals surface area contributed by atoms with Crippen molar-refractivity contribution in [3.8, 4) is 0 Å². The van der Waals surface area contributed by atoms with Gasteiger partial charge < -0.3 is 18.9 Å². The van der Waals surface area contributed by atoms with E-state index in [1.54, 1.807) is 0 Å². The highest BCUT2D eigenvalue weighted by atomic mass is 28.3. The van der Waals surface area contributed by atoms with Gasteiger partial charge in [0.1, 0.15) is 0 Å². The van der Waals surface area contributed by atoms with Crippen LogP contribution in [0.4, 0.5) is 4.79 Å².